The quantitative estimate of drug-likeness (QED) is 0.906. The average Bonchev–Trinajstić information content (AvgIpc) is 2.67. The predicted octanol–water partition coefficient (Wildman–Crippen LogP) is 2.05. The number of aromatic nitrogens is 2. The molecule has 1 fully saturated rings. The van der Waals surface area contributed by atoms with Crippen LogP contribution in [0.4, 0.5) is 5.82 Å². The summed E-state index contributed by atoms with van der Waals surface area (Å²) in [6, 6.07) is 0. The van der Waals surface area contributed by atoms with Crippen LogP contribution in [0.2, 0.25) is 0 Å². The Morgan fingerprint density at radius 3 is 2.95 bits per heavy atom. The highest BCUT2D eigenvalue weighted by Gasteiger charge is 2.19. The third-order valence-electron chi connectivity index (χ3n) is 3.70. The molecule has 1 aliphatic rings. The molecule has 1 aliphatic heterocycles. The molecule has 106 valence electrons. The van der Waals surface area contributed by atoms with Gasteiger partial charge in [0.25, 0.3) is 0 Å². The fourth-order valence-electron chi connectivity index (χ4n) is 2.61. The van der Waals surface area contributed by atoms with Crippen molar-refractivity contribution in [2.75, 3.05) is 18.5 Å². The van der Waals surface area contributed by atoms with Crippen molar-refractivity contribution in [3.63, 3.8) is 0 Å². The van der Waals surface area contributed by atoms with Gasteiger partial charge in [0.1, 0.15) is 5.82 Å². The lowest BCUT2D eigenvalue weighted by atomic mass is 9.98. The van der Waals surface area contributed by atoms with E-state index in [2.05, 4.69) is 17.3 Å². The SMILES string of the molecule is CCc1nn(C)c(NC(=O)CC2CCCOC2)c1C. The second-order valence-corrected chi connectivity index (χ2v) is 5.23. The normalized spacial score (nSPS) is 19.4. The van der Waals surface area contributed by atoms with Crippen molar-refractivity contribution >= 4 is 11.7 Å². The molecule has 0 radical (unpaired) electrons. The minimum atomic E-state index is 0.0595. The Bertz CT molecular complexity index is 448. The highest BCUT2D eigenvalue weighted by molar-refractivity contribution is 5.90. The van der Waals surface area contributed by atoms with Gasteiger partial charge >= 0.3 is 0 Å². The first kappa shape index (κ1) is 14.1. The van der Waals surface area contributed by atoms with Gasteiger partial charge in [-0.1, -0.05) is 6.92 Å². The minimum Gasteiger partial charge on any atom is -0.381 e. The number of hydrogen-bond donors (Lipinski definition) is 1. The molecule has 2 rings (SSSR count). The van der Waals surface area contributed by atoms with E-state index in [9.17, 15) is 4.79 Å². The molecule has 1 aromatic heterocycles. The zero-order valence-corrected chi connectivity index (χ0v) is 12.0. The van der Waals surface area contributed by atoms with Crippen LogP contribution in [-0.2, 0) is 23.0 Å². The summed E-state index contributed by atoms with van der Waals surface area (Å²) in [5.41, 5.74) is 2.11. The Morgan fingerprint density at radius 2 is 2.37 bits per heavy atom. The van der Waals surface area contributed by atoms with E-state index < -0.39 is 0 Å². The predicted molar refractivity (Wildman–Crippen MR) is 74.1 cm³/mol. The topological polar surface area (TPSA) is 56.2 Å². The van der Waals surface area contributed by atoms with Crippen LogP contribution < -0.4 is 5.32 Å². The van der Waals surface area contributed by atoms with Crippen molar-refractivity contribution in [2.45, 2.75) is 39.5 Å². The summed E-state index contributed by atoms with van der Waals surface area (Å²) < 4.78 is 7.16. The molecule has 5 nitrogen and oxygen atoms in total. The Morgan fingerprint density at radius 1 is 1.58 bits per heavy atom. The molecule has 0 spiro atoms. The molecular weight excluding hydrogens is 242 g/mol. The van der Waals surface area contributed by atoms with Crippen molar-refractivity contribution in [3.8, 4) is 0 Å². The molecule has 1 saturated heterocycles. The number of carbonyl (C=O) groups excluding carboxylic acids is 1. The highest BCUT2D eigenvalue weighted by Crippen LogP contribution is 2.21. The Balaban J connectivity index is 1.96. The summed E-state index contributed by atoms with van der Waals surface area (Å²) in [5.74, 6) is 1.23. The zero-order valence-electron chi connectivity index (χ0n) is 12.0. The lowest BCUT2D eigenvalue weighted by molar-refractivity contribution is -0.118. The lowest BCUT2D eigenvalue weighted by Crippen LogP contribution is -2.24. The van der Waals surface area contributed by atoms with Crippen LogP contribution in [-0.4, -0.2) is 28.9 Å². The third-order valence-corrected chi connectivity index (χ3v) is 3.70. The summed E-state index contributed by atoms with van der Waals surface area (Å²) in [6.45, 7) is 5.61. The average molecular weight is 265 g/mol. The van der Waals surface area contributed by atoms with Gasteiger partial charge in [-0.3, -0.25) is 9.48 Å². The molecule has 0 aromatic carbocycles. The molecule has 19 heavy (non-hydrogen) atoms. The smallest absolute Gasteiger partial charge is 0.225 e. The fourth-order valence-corrected chi connectivity index (χ4v) is 2.61. The fraction of sp³-hybridized carbons (Fsp3) is 0.714. The van der Waals surface area contributed by atoms with E-state index in [-0.39, 0.29) is 5.91 Å². The second-order valence-electron chi connectivity index (χ2n) is 5.23. The summed E-state index contributed by atoms with van der Waals surface area (Å²) in [6.07, 6.45) is 3.55. The molecule has 0 bridgehead atoms. The van der Waals surface area contributed by atoms with Crippen molar-refractivity contribution in [2.24, 2.45) is 13.0 Å². The molecule has 1 atom stereocenters. The number of amides is 1. The Hall–Kier alpha value is -1.36. The van der Waals surface area contributed by atoms with Gasteiger partial charge in [-0.05, 0) is 32.1 Å². The van der Waals surface area contributed by atoms with Gasteiger partial charge in [-0.15, -0.1) is 0 Å². The van der Waals surface area contributed by atoms with E-state index in [4.69, 9.17) is 4.74 Å². The van der Waals surface area contributed by atoms with E-state index in [0.717, 1.165) is 42.9 Å². The molecule has 0 saturated carbocycles. The first-order valence-corrected chi connectivity index (χ1v) is 7.01. The number of carbonyl (C=O) groups is 1. The molecule has 2 heterocycles. The summed E-state index contributed by atoms with van der Waals surface area (Å²) in [5, 5.41) is 7.39. The maximum Gasteiger partial charge on any atom is 0.225 e. The summed E-state index contributed by atoms with van der Waals surface area (Å²) >= 11 is 0. The minimum absolute atomic E-state index is 0.0595. The van der Waals surface area contributed by atoms with Crippen LogP contribution >= 0.6 is 0 Å². The maximum absolute atomic E-state index is 12.1. The Labute approximate surface area is 114 Å². The van der Waals surface area contributed by atoms with Crippen LogP contribution in [0.3, 0.4) is 0 Å². The molecular formula is C14H23N3O2. The van der Waals surface area contributed by atoms with Crippen molar-refractivity contribution < 1.29 is 9.53 Å². The molecule has 1 aromatic rings. The van der Waals surface area contributed by atoms with E-state index in [1.165, 1.54) is 0 Å². The van der Waals surface area contributed by atoms with Gasteiger partial charge in [0.15, 0.2) is 0 Å². The molecule has 5 heteroatoms. The number of anilines is 1. The third kappa shape index (κ3) is 3.35. The largest absolute Gasteiger partial charge is 0.381 e. The van der Waals surface area contributed by atoms with Gasteiger partial charge in [0.05, 0.1) is 5.69 Å². The van der Waals surface area contributed by atoms with Crippen LogP contribution in [0.15, 0.2) is 0 Å². The lowest BCUT2D eigenvalue weighted by Gasteiger charge is -2.21. The van der Waals surface area contributed by atoms with E-state index in [1.54, 1.807) is 4.68 Å². The van der Waals surface area contributed by atoms with Crippen LogP contribution in [0.5, 0.6) is 0 Å². The van der Waals surface area contributed by atoms with Gasteiger partial charge < -0.3 is 10.1 Å². The highest BCUT2D eigenvalue weighted by atomic mass is 16.5. The Kier molecular flexibility index (Phi) is 4.58. The maximum atomic E-state index is 12.1. The van der Waals surface area contributed by atoms with Gasteiger partial charge in [-0.2, -0.15) is 5.10 Å². The number of nitrogens with one attached hydrogen (secondary N) is 1. The summed E-state index contributed by atoms with van der Waals surface area (Å²) in [4.78, 5) is 12.1. The van der Waals surface area contributed by atoms with Crippen LogP contribution in [0.25, 0.3) is 0 Å². The zero-order chi connectivity index (χ0) is 13.8. The van der Waals surface area contributed by atoms with Gasteiger partial charge in [-0.25, -0.2) is 0 Å². The van der Waals surface area contributed by atoms with Gasteiger partial charge in [0.2, 0.25) is 5.91 Å². The van der Waals surface area contributed by atoms with Crippen molar-refractivity contribution in [1.82, 2.24) is 9.78 Å². The first-order chi connectivity index (χ1) is 9.11. The van der Waals surface area contributed by atoms with Crippen LogP contribution in [0.1, 0.15) is 37.4 Å². The monoisotopic (exact) mass is 265 g/mol. The number of nitrogens with zero attached hydrogens (tertiary/aromatic N) is 2. The second kappa shape index (κ2) is 6.19. The van der Waals surface area contributed by atoms with Crippen molar-refractivity contribution in [3.05, 3.63) is 11.3 Å². The molecule has 0 aliphatic carbocycles. The first-order valence-electron chi connectivity index (χ1n) is 7.01. The van der Waals surface area contributed by atoms with Crippen molar-refractivity contribution in [1.29, 1.82) is 0 Å². The number of rotatable bonds is 4. The van der Waals surface area contributed by atoms with Gasteiger partial charge in [0, 0.05) is 32.2 Å². The van der Waals surface area contributed by atoms with E-state index in [1.807, 2.05) is 14.0 Å². The number of ether oxygens (including phenoxy) is 1. The van der Waals surface area contributed by atoms with E-state index >= 15 is 0 Å². The van der Waals surface area contributed by atoms with Crippen LogP contribution in [0, 0.1) is 12.8 Å². The number of aryl methyl sites for hydroxylation is 2. The standard InChI is InChI=1S/C14H23N3O2/c1-4-12-10(2)14(17(3)16-12)15-13(18)8-11-6-5-7-19-9-11/h11H,4-9H2,1-3H3,(H,15,18). The summed E-state index contributed by atoms with van der Waals surface area (Å²) in [7, 11) is 1.87. The van der Waals surface area contributed by atoms with E-state index in [0.29, 0.717) is 18.9 Å². The number of hydrogen-bond acceptors (Lipinski definition) is 3. The molecule has 1 unspecified atom stereocenters. The molecule has 1 amide bonds. The molecule has 1 N–H and O–H groups in total.